The zero-order valence-corrected chi connectivity index (χ0v) is 46.6. The predicted molar refractivity (Wildman–Crippen MR) is 305 cm³/mol. The van der Waals surface area contributed by atoms with Gasteiger partial charge in [-0.25, -0.2) is 9.78 Å². The number of aromatic nitrogens is 2. The summed E-state index contributed by atoms with van der Waals surface area (Å²) in [6.07, 6.45) is 8.55. The summed E-state index contributed by atoms with van der Waals surface area (Å²) in [6.45, 7) is 8.30. The Morgan fingerprint density at radius 1 is 0.835 bits per heavy atom. The molecule has 22 heteroatoms. The number of nitrogens with two attached hydrogens (primary N) is 1. The second-order valence-corrected chi connectivity index (χ2v) is 20.6. The van der Waals surface area contributed by atoms with Gasteiger partial charge in [-0.05, 0) is 108 Å². The molecule has 1 saturated heterocycles. The highest BCUT2D eigenvalue weighted by atomic mass is 32.1. The lowest BCUT2D eigenvalue weighted by atomic mass is 10.0. The average molecular weight is 1110 g/mol. The first-order valence-electron chi connectivity index (χ1n) is 27.2. The van der Waals surface area contributed by atoms with Crippen LogP contribution in [-0.4, -0.2) is 178 Å². The highest BCUT2D eigenvalue weighted by molar-refractivity contribution is 7.14. The highest BCUT2D eigenvalue weighted by Gasteiger charge is 2.37. The molecule has 2 aliphatic rings. The van der Waals surface area contributed by atoms with Crippen LogP contribution in [0, 0.1) is 0 Å². The van der Waals surface area contributed by atoms with Crippen molar-refractivity contribution in [2.45, 2.75) is 76.9 Å². The molecular weight excluding hydrogens is 1040 g/mol. The Morgan fingerprint density at radius 3 is 2.27 bits per heavy atom. The number of rotatable bonds is 34. The average Bonchev–Trinajstić information content (AvgIpc) is 4.07. The van der Waals surface area contributed by atoms with Crippen molar-refractivity contribution in [2.24, 2.45) is 15.9 Å². The second-order valence-electron chi connectivity index (χ2n) is 19.7. The van der Waals surface area contributed by atoms with E-state index in [0.29, 0.717) is 125 Å². The monoisotopic (exact) mass is 1110 g/mol. The molecule has 3 aromatic carbocycles. The van der Waals surface area contributed by atoms with Crippen LogP contribution in [0.25, 0.3) is 10.9 Å². The molecule has 3 heterocycles. The van der Waals surface area contributed by atoms with Crippen molar-refractivity contribution in [1.29, 1.82) is 0 Å². The molecule has 0 bridgehead atoms. The minimum Gasteiger partial charge on any atom is -0.494 e. The van der Waals surface area contributed by atoms with Crippen molar-refractivity contribution in [2.75, 3.05) is 123 Å². The van der Waals surface area contributed by atoms with Crippen molar-refractivity contribution in [3.05, 3.63) is 101 Å². The molecule has 1 aliphatic heterocycles. The number of amides is 4. The molecule has 19 nitrogen and oxygen atoms in total. The number of aliphatic imine (C=N–C) groups is 1. The SMILES string of the molecule is CC(c1cn(C(F)F)c2ccccc12)N(C(=O)CCc1ccc(OCCCCN(C)CCOCCOCC/C(C=NCCOCCOc2ccc(NC(=O)Nc3nc(CC(=O)N4CCN(C)CC4)cs3)cc2)=N/N)cc1)C1CC1. The third-order valence-corrected chi connectivity index (χ3v) is 14.5. The number of aryl methyl sites for hydroxylation is 1. The van der Waals surface area contributed by atoms with E-state index < -0.39 is 12.6 Å². The largest absolute Gasteiger partial charge is 0.494 e. The van der Waals surface area contributed by atoms with Crippen LogP contribution in [0.1, 0.15) is 74.9 Å². The molecule has 0 radical (unpaired) electrons. The molecule has 2 fully saturated rings. The maximum absolute atomic E-state index is 13.8. The molecule has 1 unspecified atom stereocenters. The number of benzene rings is 3. The molecule has 0 spiro atoms. The van der Waals surface area contributed by atoms with Crippen LogP contribution in [0.4, 0.5) is 24.4 Å². The summed E-state index contributed by atoms with van der Waals surface area (Å²) in [5, 5.41) is 12.3. The van der Waals surface area contributed by atoms with Gasteiger partial charge in [0.25, 0.3) is 0 Å². The number of hydrazone groups is 1. The number of anilines is 2. The van der Waals surface area contributed by atoms with Crippen LogP contribution in [0.5, 0.6) is 11.5 Å². The van der Waals surface area contributed by atoms with E-state index in [1.165, 1.54) is 17.5 Å². The van der Waals surface area contributed by atoms with Crippen LogP contribution in [0.15, 0.2) is 94.5 Å². The summed E-state index contributed by atoms with van der Waals surface area (Å²) < 4.78 is 57.6. The Morgan fingerprint density at radius 2 is 1.53 bits per heavy atom. The summed E-state index contributed by atoms with van der Waals surface area (Å²) in [5.74, 6) is 7.07. The van der Waals surface area contributed by atoms with Gasteiger partial charge < -0.3 is 54.4 Å². The van der Waals surface area contributed by atoms with E-state index in [1.807, 2.05) is 60.2 Å². The number of likely N-dealkylation sites (N-methyl/N-ethyl adjacent to an activating group) is 2. The Balaban J connectivity index is 0.641. The lowest BCUT2D eigenvalue weighted by Gasteiger charge is -2.32. The quantitative estimate of drug-likeness (QED) is 0.0155. The first-order chi connectivity index (χ1) is 38.4. The molecule has 428 valence electrons. The summed E-state index contributed by atoms with van der Waals surface area (Å²) in [7, 11) is 4.12. The number of unbranched alkanes of at least 4 members (excludes halogenated alkanes) is 1. The minimum absolute atomic E-state index is 0.0387. The van der Waals surface area contributed by atoms with Crippen molar-refractivity contribution < 1.29 is 46.8 Å². The fourth-order valence-electron chi connectivity index (χ4n) is 9.03. The molecule has 1 atom stereocenters. The van der Waals surface area contributed by atoms with Crippen LogP contribution in [-0.2, 0) is 36.6 Å². The number of nitrogens with one attached hydrogen (secondary N) is 2. The van der Waals surface area contributed by atoms with Crippen molar-refractivity contribution in [3.8, 4) is 11.5 Å². The van der Waals surface area contributed by atoms with E-state index in [1.54, 1.807) is 48.0 Å². The molecule has 7 rings (SSSR count). The molecule has 1 aliphatic carbocycles. The number of nitrogens with zero attached hydrogens (tertiary/aromatic N) is 8. The minimum atomic E-state index is -2.65. The summed E-state index contributed by atoms with van der Waals surface area (Å²) in [4.78, 5) is 55.8. The van der Waals surface area contributed by atoms with Gasteiger partial charge in [0.1, 0.15) is 18.1 Å². The molecule has 2 aromatic heterocycles. The summed E-state index contributed by atoms with van der Waals surface area (Å²) in [5.41, 5.74) is 4.11. The van der Waals surface area contributed by atoms with Crippen LogP contribution < -0.4 is 25.9 Å². The normalized spacial score (nSPS) is 14.6. The maximum Gasteiger partial charge on any atom is 0.325 e. The maximum atomic E-state index is 13.8. The first-order valence-corrected chi connectivity index (χ1v) is 28.1. The van der Waals surface area contributed by atoms with Crippen molar-refractivity contribution in [1.82, 2.24) is 29.2 Å². The van der Waals surface area contributed by atoms with E-state index in [-0.39, 0.29) is 30.3 Å². The lowest BCUT2D eigenvalue weighted by Crippen LogP contribution is -2.47. The van der Waals surface area contributed by atoms with E-state index in [0.717, 1.165) is 78.7 Å². The zero-order valence-electron chi connectivity index (χ0n) is 45.7. The number of hydrogen-bond donors (Lipinski definition) is 3. The van der Waals surface area contributed by atoms with Crippen molar-refractivity contribution >= 4 is 62.8 Å². The van der Waals surface area contributed by atoms with Gasteiger partial charge in [0.2, 0.25) is 11.8 Å². The van der Waals surface area contributed by atoms with E-state index >= 15 is 0 Å². The molecule has 1 saturated carbocycles. The third kappa shape index (κ3) is 19.9. The molecular formula is C57H77F2N11O8S. The number of alkyl halides is 2. The Labute approximate surface area is 466 Å². The van der Waals surface area contributed by atoms with E-state index in [4.69, 9.17) is 29.5 Å². The number of para-hydroxylation sites is 1. The third-order valence-electron chi connectivity index (χ3n) is 13.7. The van der Waals surface area contributed by atoms with E-state index in [2.05, 4.69) is 42.6 Å². The number of carbonyl (C=O) groups excluding carboxylic acids is 3. The lowest BCUT2D eigenvalue weighted by molar-refractivity contribution is -0.134. The van der Waals surface area contributed by atoms with Gasteiger partial charge in [-0.1, -0.05) is 30.3 Å². The summed E-state index contributed by atoms with van der Waals surface area (Å²) >= 11 is 1.28. The Bertz CT molecular complexity index is 2710. The van der Waals surface area contributed by atoms with Gasteiger partial charge in [-0.2, -0.15) is 13.9 Å². The van der Waals surface area contributed by atoms with Crippen LogP contribution in [0.3, 0.4) is 0 Å². The van der Waals surface area contributed by atoms with Gasteiger partial charge in [0.05, 0.1) is 82.2 Å². The van der Waals surface area contributed by atoms with Gasteiger partial charge in [-0.15, -0.1) is 11.3 Å². The molecule has 4 amide bonds. The van der Waals surface area contributed by atoms with Gasteiger partial charge in [0, 0.05) is 86.0 Å². The number of fused-ring (bicyclic) bond motifs is 1. The molecule has 4 N–H and O–H groups in total. The molecule has 79 heavy (non-hydrogen) atoms. The van der Waals surface area contributed by atoms with E-state index in [9.17, 15) is 23.2 Å². The first kappa shape index (κ1) is 60.1. The number of halogens is 2. The second kappa shape index (κ2) is 31.9. The van der Waals surface area contributed by atoms with Crippen molar-refractivity contribution in [3.63, 3.8) is 0 Å². The number of ether oxygens (including phenoxy) is 5. The Hall–Kier alpha value is -6.56. The van der Waals surface area contributed by atoms with Gasteiger partial charge in [0.15, 0.2) is 5.13 Å². The van der Waals surface area contributed by atoms with Crippen LogP contribution >= 0.6 is 11.3 Å². The smallest absolute Gasteiger partial charge is 0.325 e. The number of carbonyl (C=O) groups is 3. The van der Waals surface area contributed by atoms with Gasteiger partial charge in [-0.3, -0.25) is 24.5 Å². The van der Waals surface area contributed by atoms with Gasteiger partial charge >= 0.3 is 12.6 Å². The fraction of sp³-hybridized carbons (Fsp3) is 0.509. The summed E-state index contributed by atoms with van der Waals surface area (Å²) in [6, 6.07) is 21.5. The number of urea groups is 1. The Kier molecular flexibility index (Phi) is 24.3. The standard InChI is InChI=1S/C57H77F2N11O8S/c1-42(51-40-69(55(58)59)52-9-5-4-8-50(51)52)70(47-15-16-47)53(71)21-12-43-10-17-48(18-11-43)77-30-7-6-24-66(2)29-33-76-35-34-74-31-22-45(65-60)39-61-23-32-75-36-37-78-49-19-13-44(14-20-49)62-56(73)64-57-63-46(41-79-57)38-54(72)68-27-25-67(3)26-28-68/h4-5,8-11,13-14,17-20,39-42,47,55H,6-7,12,15-16,21-38,60H2,1-3H3,(H2,62,63,64,73)/b61-39?,65-45-. The number of thiazole rings is 1. The number of hydrogen-bond acceptors (Lipinski definition) is 15. The predicted octanol–water partition coefficient (Wildman–Crippen LogP) is 8.13. The zero-order chi connectivity index (χ0) is 55.8. The topological polar surface area (TPSA) is 203 Å². The highest BCUT2D eigenvalue weighted by Crippen LogP contribution is 2.39. The fourth-order valence-corrected chi connectivity index (χ4v) is 9.74. The number of piperazine rings is 1. The van der Waals surface area contributed by atoms with Crippen LogP contribution in [0.2, 0.25) is 0 Å². The molecule has 5 aromatic rings.